The molecule has 2 rings (SSSR count). The standard InChI is InChI=1S/C17H22N2O5S/c18-9-1-2-12-24-17(20)8-5-15-3-6-16(7-4-15)25(21,22)19-10-13-23-14-11-19/h3-4,6-7H,1-2,5,8,10-14H2. The van der Waals surface area contributed by atoms with Gasteiger partial charge in [-0.05, 0) is 30.5 Å². The Labute approximate surface area is 148 Å². The first-order valence-corrected chi connectivity index (χ1v) is 9.67. The number of sulfonamides is 1. The van der Waals surface area contributed by atoms with Crippen LogP contribution < -0.4 is 0 Å². The molecular formula is C17H22N2O5S. The zero-order chi connectivity index (χ0) is 18.1. The van der Waals surface area contributed by atoms with Crippen LogP contribution in [-0.4, -0.2) is 51.6 Å². The lowest BCUT2D eigenvalue weighted by molar-refractivity contribution is -0.143. The van der Waals surface area contributed by atoms with E-state index in [1.807, 2.05) is 6.07 Å². The Bertz CT molecular complexity index is 704. The first-order valence-electron chi connectivity index (χ1n) is 8.23. The van der Waals surface area contributed by atoms with Crippen molar-refractivity contribution < 1.29 is 22.7 Å². The maximum Gasteiger partial charge on any atom is 0.306 e. The third kappa shape index (κ3) is 5.81. The average molecular weight is 366 g/mol. The highest BCUT2D eigenvalue weighted by molar-refractivity contribution is 7.89. The number of benzene rings is 1. The van der Waals surface area contributed by atoms with Crippen LogP contribution >= 0.6 is 0 Å². The molecule has 0 atom stereocenters. The summed E-state index contributed by atoms with van der Waals surface area (Å²) in [6.07, 6.45) is 1.61. The summed E-state index contributed by atoms with van der Waals surface area (Å²) in [7, 11) is -3.49. The van der Waals surface area contributed by atoms with Gasteiger partial charge in [0.15, 0.2) is 0 Å². The molecule has 0 unspecified atom stereocenters. The van der Waals surface area contributed by atoms with E-state index in [4.69, 9.17) is 14.7 Å². The fraction of sp³-hybridized carbons (Fsp3) is 0.529. The van der Waals surface area contributed by atoms with Crippen LogP contribution in [0.2, 0.25) is 0 Å². The maximum atomic E-state index is 12.5. The molecule has 0 N–H and O–H groups in total. The number of hydrogen-bond acceptors (Lipinski definition) is 6. The number of rotatable bonds is 8. The van der Waals surface area contributed by atoms with Crippen molar-refractivity contribution in [3.63, 3.8) is 0 Å². The minimum Gasteiger partial charge on any atom is -0.466 e. The molecule has 1 saturated heterocycles. The Morgan fingerprint density at radius 1 is 1.24 bits per heavy atom. The molecule has 136 valence electrons. The molecule has 0 amide bonds. The summed E-state index contributed by atoms with van der Waals surface area (Å²) >= 11 is 0. The zero-order valence-electron chi connectivity index (χ0n) is 14.0. The Kier molecular flexibility index (Phi) is 7.37. The van der Waals surface area contributed by atoms with E-state index in [1.165, 1.54) is 4.31 Å². The van der Waals surface area contributed by atoms with Gasteiger partial charge >= 0.3 is 5.97 Å². The molecule has 1 heterocycles. The van der Waals surface area contributed by atoms with Crippen molar-refractivity contribution in [1.82, 2.24) is 4.31 Å². The van der Waals surface area contributed by atoms with Gasteiger partial charge in [-0.1, -0.05) is 12.1 Å². The minimum atomic E-state index is -3.49. The van der Waals surface area contributed by atoms with E-state index in [-0.39, 0.29) is 23.9 Å². The summed E-state index contributed by atoms with van der Waals surface area (Å²) in [5, 5.41) is 8.40. The summed E-state index contributed by atoms with van der Waals surface area (Å²) in [6, 6.07) is 8.56. The van der Waals surface area contributed by atoms with Gasteiger partial charge in [0, 0.05) is 25.9 Å². The number of carbonyl (C=O) groups excluding carboxylic acids is 1. The van der Waals surface area contributed by atoms with Crippen LogP contribution in [-0.2, 0) is 30.7 Å². The van der Waals surface area contributed by atoms with E-state index >= 15 is 0 Å². The van der Waals surface area contributed by atoms with Crippen LogP contribution in [0.3, 0.4) is 0 Å². The van der Waals surface area contributed by atoms with Crippen LogP contribution in [0.1, 0.15) is 24.8 Å². The lowest BCUT2D eigenvalue weighted by atomic mass is 10.1. The SMILES string of the molecule is N#CCCCOC(=O)CCc1ccc(S(=O)(=O)N2CCOCC2)cc1. The number of aryl methyl sites for hydroxylation is 1. The normalized spacial score (nSPS) is 15.5. The van der Waals surface area contributed by atoms with Crippen molar-refractivity contribution in [3.8, 4) is 6.07 Å². The van der Waals surface area contributed by atoms with E-state index in [0.29, 0.717) is 45.6 Å². The lowest BCUT2D eigenvalue weighted by Crippen LogP contribution is -2.40. The van der Waals surface area contributed by atoms with E-state index in [0.717, 1.165) is 5.56 Å². The predicted octanol–water partition coefficient (Wildman–Crippen LogP) is 1.49. The Hall–Kier alpha value is -1.95. The van der Waals surface area contributed by atoms with Crippen LogP contribution in [0.4, 0.5) is 0 Å². The van der Waals surface area contributed by atoms with E-state index in [9.17, 15) is 13.2 Å². The van der Waals surface area contributed by atoms with Crippen LogP contribution in [0.15, 0.2) is 29.2 Å². The number of esters is 1. The van der Waals surface area contributed by atoms with Gasteiger partial charge in [0.05, 0.1) is 30.8 Å². The predicted molar refractivity (Wildman–Crippen MR) is 90.1 cm³/mol. The molecule has 1 fully saturated rings. The Balaban J connectivity index is 1.85. The lowest BCUT2D eigenvalue weighted by Gasteiger charge is -2.26. The summed E-state index contributed by atoms with van der Waals surface area (Å²) in [5.74, 6) is -0.317. The van der Waals surface area contributed by atoms with Crippen LogP contribution in [0.25, 0.3) is 0 Å². The van der Waals surface area contributed by atoms with Crippen molar-refractivity contribution >= 4 is 16.0 Å². The number of nitriles is 1. The van der Waals surface area contributed by atoms with Gasteiger partial charge < -0.3 is 9.47 Å². The van der Waals surface area contributed by atoms with Crippen LogP contribution in [0.5, 0.6) is 0 Å². The largest absolute Gasteiger partial charge is 0.466 e. The number of carbonyl (C=O) groups is 1. The highest BCUT2D eigenvalue weighted by Crippen LogP contribution is 2.18. The monoisotopic (exact) mass is 366 g/mol. The second kappa shape index (κ2) is 9.51. The van der Waals surface area contributed by atoms with Crippen molar-refractivity contribution in [2.75, 3.05) is 32.9 Å². The maximum absolute atomic E-state index is 12.5. The first kappa shape index (κ1) is 19.4. The molecule has 1 aliphatic rings. The number of ether oxygens (including phenoxy) is 2. The Morgan fingerprint density at radius 3 is 2.56 bits per heavy atom. The highest BCUT2D eigenvalue weighted by Gasteiger charge is 2.26. The first-order chi connectivity index (χ1) is 12.0. The molecule has 1 aromatic carbocycles. The topological polar surface area (TPSA) is 96.7 Å². The highest BCUT2D eigenvalue weighted by atomic mass is 32.2. The minimum absolute atomic E-state index is 0.224. The van der Waals surface area contributed by atoms with Gasteiger partial charge in [-0.3, -0.25) is 4.79 Å². The van der Waals surface area contributed by atoms with Gasteiger partial charge in [-0.2, -0.15) is 9.57 Å². The average Bonchev–Trinajstić information content (AvgIpc) is 2.64. The van der Waals surface area contributed by atoms with Gasteiger partial charge in [0.1, 0.15) is 0 Å². The van der Waals surface area contributed by atoms with E-state index < -0.39 is 10.0 Å². The number of hydrogen-bond donors (Lipinski definition) is 0. The number of nitrogens with zero attached hydrogens (tertiary/aromatic N) is 2. The molecule has 0 spiro atoms. The quantitative estimate of drug-likeness (QED) is 0.511. The van der Waals surface area contributed by atoms with Crippen molar-refractivity contribution in [3.05, 3.63) is 29.8 Å². The van der Waals surface area contributed by atoms with Crippen LogP contribution in [0, 0.1) is 11.3 Å². The van der Waals surface area contributed by atoms with E-state index in [1.54, 1.807) is 24.3 Å². The summed E-state index contributed by atoms with van der Waals surface area (Å²) < 4.78 is 36.6. The van der Waals surface area contributed by atoms with Gasteiger partial charge in [-0.15, -0.1) is 0 Å². The molecule has 0 aromatic heterocycles. The van der Waals surface area contributed by atoms with Gasteiger partial charge in [0.2, 0.25) is 10.0 Å². The zero-order valence-corrected chi connectivity index (χ0v) is 14.8. The third-order valence-electron chi connectivity index (χ3n) is 3.84. The molecule has 7 nitrogen and oxygen atoms in total. The summed E-state index contributed by atoms with van der Waals surface area (Å²) in [4.78, 5) is 11.8. The third-order valence-corrected chi connectivity index (χ3v) is 5.76. The van der Waals surface area contributed by atoms with Gasteiger partial charge in [-0.25, -0.2) is 8.42 Å². The van der Waals surface area contributed by atoms with Gasteiger partial charge in [0.25, 0.3) is 0 Å². The second-order valence-electron chi connectivity index (χ2n) is 5.64. The molecule has 25 heavy (non-hydrogen) atoms. The molecule has 1 aliphatic heterocycles. The molecule has 8 heteroatoms. The molecule has 0 bridgehead atoms. The molecule has 0 radical (unpaired) electrons. The summed E-state index contributed by atoms with van der Waals surface area (Å²) in [6.45, 7) is 1.80. The summed E-state index contributed by atoms with van der Waals surface area (Å²) in [5.41, 5.74) is 0.870. The van der Waals surface area contributed by atoms with Crippen molar-refractivity contribution in [2.45, 2.75) is 30.6 Å². The Morgan fingerprint density at radius 2 is 1.92 bits per heavy atom. The van der Waals surface area contributed by atoms with Crippen molar-refractivity contribution in [2.24, 2.45) is 0 Å². The van der Waals surface area contributed by atoms with Crippen molar-refractivity contribution in [1.29, 1.82) is 5.26 Å². The smallest absolute Gasteiger partial charge is 0.306 e. The number of morpholine rings is 1. The second-order valence-corrected chi connectivity index (χ2v) is 7.58. The fourth-order valence-electron chi connectivity index (χ4n) is 2.42. The molecular weight excluding hydrogens is 344 g/mol. The molecule has 1 aromatic rings. The fourth-order valence-corrected chi connectivity index (χ4v) is 3.83. The molecule has 0 aliphatic carbocycles. The number of unbranched alkanes of at least 4 members (excludes halogenated alkanes) is 1. The molecule has 0 saturated carbocycles. The van der Waals surface area contributed by atoms with E-state index in [2.05, 4.69) is 0 Å².